The Bertz CT molecular complexity index is 1040. The normalized spacial score (nSPS) is 12.1. The first-order chi connectivity index (χ1) is 12.2. The van der Waals surface area contributed by atoms with Crippen LogP contribution in [0.3, 0.4) is 0 Å². The first kappa shape index (κ1) is 15.9. The predicted octanol–water partition coefficient (Wildman–Crippen LogP) is 6.73. The lowest BCUT2D eigenvalue weighted by Gasteiger charge is -2.27. The lowest BCUT2D eigenvalue weighted by Crippen LogP contribution is -2.19. The van der Waals surface area contributed by atoms with Gasteiger partial charge in [0.2, 0.25) is 0 Å². The second kappa shape index (κ2) is 6.03. The summed E-state index contributed by atoms with van der Waals surface area (Å²) in [5.41, 5.74) is 5.41. The summed E-state index contributed by atoms with van der Waals surface area (Å²) in [4.78, 5) is 4.65. The molecule has 0 amide bonds. The van der Waals surface area contributed by atoms with Gasteiger partial charge in [-0.25, -0.2) is 0 Å². The number of para-hydroxylation sites is 2. The van der Waals surface area contributed by atoms with E-state index in [4.69, 9.17) is 4.42 Å². The minimum absolute atomic E-state index is 0.180. The Kier molecular flexibility index (Phi) is 3.84. The van der Waals surface area contributed by atoms with E-state index in [2.05, 4.69) is 68.2 Å². The standard InChI is InChI=1S/C23H23NO/c1-4-23(3,5-2)16-13-14-24-20(15-16)19-11-8-10-18-17-9-6-7-12-21(17)25-22(18)19/h6-15H,4-5H2,1-3H3. The van der Waals surface area contributed by atoms with Gasteiger partial charge < -0.3 is 4.42 Å². The van der Waals surface area contributed by atoms with Crippen LogP contribution in [0.2, 0.25) is 0 Å². The molecule has 2 aromatic heterocycles. The van der Waals surface area contributed by atoms with Crippen LogP contribution in [0.15, 0.2) is 65.2 Å². The first-order valence-electron chi connectivity index (χ1n) is 9.03. The molecule has 0 spiro atoms. The summed E-state index contributed by atoms with van der Waals surface area (Å²) >= 11 is 0. The minimum Gasteiger partial charge on any atom is -0.455 e. The van der Waals surface area contributed by atoms with Crippen LogP contribution < -0.4 is 0 Å². The van der Waals surface area contributed by atoms with E-state index in [1.807, 2.05) is 18.3 Å². The van der Waals surface area contributed by atoms with E-state index >= 15 is 0 Å². The van der Waals surface area contributed by atoms with E-state index in [9.17, 15) is 0 Å². The number of nitrogens with zero attached hydrogens (tertiary/aromatic N) is 1. The lowest BCUT2D eigenvalue weighted by molar-refractivity contribution is 0.438. The maximum atomic E-state index is 6.18. The fraction of sp³-hybridized carbons (Fsp3) is 0.261. The van der Waals surface area contributed by atoms with Crippen molar-refractivity contribution in [2.45, 2.75) is 39.0 Å². The molecule has 0 saturated carbocycles. The van der Waals surface area contributed by atoms with Crippen LogP contribution in [-0.4, -0.2) is 4.98 Å². The van der Waals surface area contributed by atoms with Crippen molar-refractivity contribution in [1.29, 1.82) is 0 Å². The fourth-order valence-corrected chi connectivity index (χ4v) is 3.56. The average Bonchev–Trinajstić information content (AvgIpc) is 3.06. The van der Waals surface area contributed by atoms with Crippen LogP contribution in [0, 0.1) is 0 Å². The Labute approximate surface area is 148 Å². The van der Waals surface area contributed by atoms with Gasteiger partial charge in [-0.15, -0.1) is 0 Å². The van der Waals surface area contributed by atoms with Gasteiger partial charge in [0.15, 0.2) is 0 Å². The molecule has 0 unspecified atom stereocenters. The summed E-state index contributed by atoms with van der Waals surface area (Å²) < 4.78 is 6.18. The Morgan fingerprint density at radius 2 is 1.68 bits per heavy atom. The highest BCUT2D eigenvalue weighted by Gasteiger charge is 2.23. The number of hydrogen-bond acceptors (Lipinski definition) is 2. The number of benzene rings is 2. The summed E-state index contributed by atoms with van der Waals surface area (Å²) in [7, 11) is 0. The Balaban J connectivity index is 1.93. The molecule has 0 fully saturated rings. The van der Waals surface area contributed by atoms with Crippen LogP contribution in [-0.2, 0) is 5.41 Å². The van der Waals surface area contributed by atoms with Gasteiger partial charge >= 0.3 is 0 Å². The van der Waals surface area contributed by atoms with Gasteiger partial charge in [-0.3, -0.25) is 4.98 Å². The average molecular weight is 329 g/mol. The monoisotopic (exact) mass is 329 g/mol. The van der Waals surface area contributed by atoms with Crippen molar-refractivity contribution in [2.24, 2.45) is 0 Å². The third kappa shape index (κ3) is 2.53. The molecule has 0 radical (unpaired) electrons. The van der Waals surface area contributed by atoms with E-state index in [0.29, 0.717) is 0 Å². The summed E-state index contributed by atoms with van der Waals surface area (Å²) in [5.74, 6) is 0. The highest BCUT2D eigenvalue weighted by atomic mass is 16.3. The van der Waals surface area contributed by atoms with Crippen molar-refractivity contribution in [3.63, 3.8) is 0 Å². The Hall–Kier alpha value is -2.61. The zero-order valence-corrected chi connectivity index (χ0v) is 15.0. The van der Waals surface area contributed by atoms with E-state index < -0.39 is 0 Å². The second-order valence-electron chi connectivity index (χ2n) is 6.98. The maximum Gasteiger partial charge on any atom is 0.144 e. The molecular weight excluding hydrogens is 306 g/mol. The number of pyridine rings is 1. The zero-order valence-electron chi connectivity index (χ0n) is 15.0. The molecule has 2 nitrogen and oxygen atoms in total. The number of fused-ring (bicyclic) bond motifs is 3. The fourth-order valence-electron chi connectivity index (χ4n) is 3.56. The third-order valence-electron chi connectivity index (χ3n) is 5.70. The van der Waals surface area contributed by atoms with Crippen LogP contribution in [0.1, 0.15) is 39.2 Å². The van der Waals surface area contributed by atoms with Gasteiger partial charge in [-0.1, -0.05) is 51.1 Å². The Morgan fingerprint density at radius 3 is 2.48 bits per heavy atom. The third-order valence-corrected chi connectivity index (χ3v) is 5.70. The van der Waals surface area contributed by atoms with E-state index in [1.54, 1.807) is 0 Å². The highest BCUT2D eigenvalue weighted by molar-refractivity contribution is 6.09. The van der Waals surface area contributed by atoms with Crippen molar-refractivity contribution in [3.8, 4) is 11.3 Å². The summed E-state index contributed by atoms with van der Waals surface area (Å²) in [6, 6.07) is 18.9. The number of furan rings is 1. The molecule has 0 atom stereocenters. The van der Waals surface area contributed by atoms with Gasteiger partial charge in [0.1, 0.15) is 11.2 Å². The molecule has 0 N–H and O–H groups in total. The van der Waals surface area contributed by atoms with Crippen molar-refractivity contribution in [2.75, 3.05) is 0 Å². The van der Waals surface area contributed by atoms with Crippen molar-refractivity contribution < 1.29 is 4.42 Å². The van der Waals surface area contributed by atoms with Gasteiger partial charge in [-0.2, -0.15) is 0 Å². The summed E-state index contributed by atoms with van der Waals surface area (Å²) in [5, 5.41) is 2.30. The summed E-state index contributed by atoms with van der Waals surface area (Å²) in [6.45, 7) is 6.83. The molecule has 2 heteroatoms. The topological polar surface area (TPSA) is 26.0 Å². The molecule has 0 aliphatic rings. The highest BCUT2D eigenvalue weighted by Crippen LogP contribution is 2.37. The SMILES string of the molecule is CCC(C)(CC)c1ccnc(-c2cccc3c2oc2ccccc23)c1. The van der Waals surface area contributed by atoms with Gasteiger partial charge in [0.25, 0.3) is 0 Å². The van der Waals surface area contributed by atoms with Crippen molar-refractivity contribution in [3.05, 3.63) is 66.4 Å². The van der Waals surface area contributed by atoms with Gasteiger partial charge in [0, 0.05) is 22.5 Å². The summed E-state index contributed by atoms with van der Waals surface area (Å²) in [6.07, 6.45) is 4.15. The second-order valence-corrected chi connectivity index (χ2v) is 6.98. The van der Waals surface area contributed by atoms with Gasteiger partial charge in [0.05, 0.1) is 5.69 Å². The van der Waals surface area contributed by atoms with Crippen LogP contribution >= 0.6 is 0 Å². The molecule has 2 aromatic carbocycles. The first-order valence-corrected chi connectivity index (χ1v) is 9.03. The molecule has 0 aliphatic heterocycles. The molecule has 0 aliphatic carbocycles. The Morgan fingerprint density at radius 1 is 0.920 bits per heavy atom. The molecular formula is C23H23NO. The smallest absolute Gasteiger partial charge is 0.144 e. The molecule has 126 valence electrons. The van der Waals surface area contributed by atoms with E-state index in [0.717, 1.165) is 46.0 Å². The maximum absolute atomic E-state index is 6.18. The largest absolute Gasteiger partial charge is 0.455 e. The lowest BCUT2D eigenvalue weighted by atomic mass is 9.78. The zero-order chi connectivity index (χ0) is 17.4. The predicted molar refractivity (Wildman–Crippen MR) is 105 cm³/mol. The molecule has 4 rings (SSSR count). The minimum atomic E-state index is 0.180. The quantitative estimate of drug-likeness (QED) is 0.415. The van der Waals surface area contributed by atoms with Gasteiger partial charge in [-0.05, 0) is 48.1 Å². The molecule has 4 aromatic rings. The van der Waals surface area contributed by atoms with Crippen molar-refractivity contribution >= 4 is 21.9 Å². The van der Waals surface area contributed by atoms with Crippen LogP contribution in [0.4, 0.5) is 0 Å². The van der Waals surface area contributed by atoms with Crippen LogP contribution in [0.25, 0.3) is 33.2 Å². The van der Waals surface area contributed by atoms with E-state index in [1.165, 1.54) is 5.56 Å². The molecule has 0 saturated heterocycles. The van der Waals surface area contributed by atoms with E-state index in [-0.39, 0.29) is 5.41 Å². The van der Waals surface area contributed by atoms with Crippen molar-refractivity contribution in [1.82, 2.24) is 4.98 Å². The number of aromatic nitrogens is 1. The number of hydrogen-bond donors (Lipinski definition) is 0. The van der Waals surface area contributed by atoms with Crippen LogP contribution in [0.5, 0.6) is 0 Å². The molecule has 0 bridgehead atoms. The molecule has 25 heavy (non-hydrogen) atoms. The number of rotatable bonds is 4. The molecule has 2 heterocycles.